The molecule has 2 aliphatic rings. The molecule has 1 saturated heterocycles. The molecule has 25 heavy (non-hydrogen) atoms. The fourth-order valence-corrected chi connectivity index (χ4v) is 3.66. The highest BCUT2D eigenvalue weighted by Gasteiger charge is 2.32. The lowest BCUT2D eigenvalue weighted by Gasteiger charge is -2.41. The molecule has 136 valence electrons. The van der Waals surface area contributed by atoms with Gasteiger partial charge in [-0.2, -0.15) is 0 Å². The van der Waals surface area contributed by atoms with Crippen molar-refractivity contribution in [3.63, 3.8) is 0 Å². The number of hydrogen-bond donors (Lipinski definition) is 1. The first-order valence-corrected chi connectivity index (χ1v) is 9.41. The Morgan fingerprint density at radius 3 is 2.52 bits per heavy atom. The Bertz CT molecular complexity index is 600. The van der Waals surface area contributed by atoms with E-state index < -0.39 is 6.04 Å². The van der Waals surface area contributed by atoms with Gasteiger partial charge in [0.15, 0.2) is 0 Å². The third-order valence-electron chi connectivity index (χ3n) is 5.45. The number of amides is 2. The molecule has 1 aromatic carbocycles. The lowest BCUT2D eigenvalue weighted by molar-refractivity contribution is -0.141. The number of carbonyl (C=O) groups excluding carboxylic acids is 2. The van der Waals surface area contributed by atoms with Crippen LogP contribution in [0.3, 0.4) is 0 Å². The van der Waals surface area contributed by atoms with E-state index in [0.29, 0.717) is 0 Å². The molecule has 2 amide bonds. The highest BCUT2D eigenvalue weighted by atomic mass is 16.2. The van der Waals surface area contributed by atoms with Crippen molar-refractivity contribution in [1.29, 1.82) is 0 Å². The maximum absolute atomic E-state index is 12.7. The predicted octanol–water partition coefficient (Wildman–Crippen LogP) is 2.02. The smallest absolute Gasteiger partial charge is 0.245 e. The van der Waals surface area contributed by atoms with Gasteiger partial charge in [0.05, 0.1) is 0 Å². The van der Waals surface area contributed by atoms with E-state index in [-0.39, 0.29) is 23.8 Å². The van der Waals surface area contributed by atoms with Crippen LogP contribution in [0.1, 0.15) is 38.7 Å². The van der Waals surface area contributed by atoms with E-state index in [0.717, 1.165) is 45.4 Å². The van der Waals surface area contributed by atoms with E-state index >= 15 is 0 Å². The minimum absolute atomic E-state index is 0.0412. The summed E-state index contributed by atoms with van der Waals surface area (Å²) in [7, 11) is 0. The molecule has 0 aromatic heterocycles. The van der Waals surface area contributed by atoms with E-state index in [4.69, 9.17) is 0 Å². The number of piperazine rings is 1. The van der Waals surface area contributed by atoms with Crippen molar-refractivity contribution in [3.05, 3.63) is 35.9 Å². The van der Waals surface area contributed by atoms with Gasteiger partial charge >= 0.3 is 0 Å². The van der Waals surface area contributed by atoms with Crippen LogP contribution in [-0.4, -0.2) is 53.3 Å². The molecule has 0 spiro atoms. The molecule has 1 aromatic rings. The largest absolute Gasteiger partial charge is 0.344 e. The molecule has 0 unspecified atom stereocenters. The summed E-state index contributed by atoms with van der Waals surface area (Å²) in [5, 5.41) is 2.91. The van der Waals surface area contributed by atoms with Crippen LogP contribution >= 0.6 is 0 Å². The van der Waals surface area contributed by atoms with Crippen molar-refractivity contribution in [2.24, 2.45) is 5.92 Å². The third-order valence-corrected chi connectivity index (χ3v) is 5.45. The normalized spacial score (nSPS) is 23.0. The zero-order valence-electron chi connectivity index (χ0n) is 15.3. The standard InChI is InChI=1S/C20H29N3O2/c1-15-13-22(14-17-7-4-3-5-8-17)11-12-23(15)20(25)16(2)21-19(24)18-9-6-10-18/h3-5,7-8,15-16,18H,6,9-14H2,1-2H3,(H,21,24)/t15-,16-/m1/s1. The number of hydrogen-bond acceptors (Lipinski definition) is 3. The Balaban J connectivity index is 1.50. The number of carbonyl (C=O) groups is 2. The number of nitrogens with zero attached hydrogens (tertiary/aromatic N) is 2. The highest BCUT2D eigenvalue weighted by Crippen LogP contribution is 2.26. The Morgan fingerprint density at radius 2 is 1.92 bits per heavy atom. The molecule has 0 bridgehead atoms. The first kappa shape index (κ1) is 17.9. The lowest BCUT2D eigenvalue weighted by Crippen LogP contribution is -2.58. The summed E-state index contributed by atoms with van der Waals surface area (Å²) in [5.41, 5.74) is 1.30. The van der Waals surface area contributed by atoms with Gasteiger partial charge in [0, 0.05) is 38.1 Å². The average molecular weight is 343 g/mol. The molecule has 0 radical (unpaired) electrons. The van der Waals surface area contributed by atoms with Crippen molar-refractivity contribution < 1.29 is 9.59 Å². The van der Waals surface area contributed by atoms with E-state index in [1.54, 1.807) is 0 Å². The van der Waals surface area contributed by atoms with Crippen molar-refractivity contribution in [2.45, 2.75) is 51.7 Å². The molecular weight excluding hydrogens is 314 g/mol. The van der Waals surface area contributed by atoms with Crippen LogP contribution in [0.5, 0.6) is 0 Å². The van der Waals surface area contributed by atoms with E-state index in [2.05, 4.69) is 41.4 Å². The minimum atomic E-state index is -0.434. The van der Waals surface area contributed by atoms with Crippen LogP contribution in [0.4, 0.5) is 0 Å². The van der Waals surface area contributed by atoms with Crippen LogP contribution in [-0.2, 0) is 16.1 Å². The predicted molar refractivity (Wildman–Crippen MR) is 97.8 cm³/mol. The van der Waals surface area contributed by atoms with E-state index in [9.17, 15) is 9.59 Å². The van der Waals surface area contributed by atoms with Gasteiger partial charge in [-0.25, -0.2) is 0 Å². The summed E-state index contributed by atoms with van der Waals surface area (Å²) in [6.07, 6.45) is 3.05. The fraction of sp³-hybridized carbons (Fsp3) is 0.600. The minimum Gasteiger partial charge on any atom is -0.344 e. The van der Waals surface area contributed by atoms with Crippen LogP contribution in [0, 0.1) is 5.92 Å². The Morgan fingerprint density at radius 1 is 1.20 bits per heavy atom. The zero-order valence-corrected chi connectivity index (χ0v) is 15.3. The highest BCUT2D eigenvalue weighted by molar-refractivity contribution is 5.88. The zero-order chi connectivity index (χ0) is 17.8. The molecule has 1 aliphatic heterocycles. The molecule has 1 heterocycles. The number of rotatable bonds is 5. The van der Waals surface area contributed by atoms with Crippen molar-refractivity contribution in [2.75, 3.05) is 19.6 Å². The summed E-state index contributed by atoms with van der Waals surface area (Å²) in [6.45, 7) is 7.27. The monoisotopic (exact) mass is 343 g/mol. The molecule has 5 heteroatoms. The maximum Gasteiger partial charge on any atom is 0.245 e. The second-order valence-electron chi connectivity index (χ2n) is 7.46. The molecule has 1 N–H and O–H groups in total. The summed E-state index contributed by atoms with van der Waals surface area (Å²) >= 11 is 0. The van der Waals surface area contributed by atoms with Crippen molar-refractivity contribution >= 4 is 11.8 Å². The topological polar surface area (TPSA) is 52.6 Å². The van der Waals surface area contributed by atoms with Gasteiger partial charge in [0.2, 0.25) is 11.8 Å². The van der Waals surface area contributed by atoms with Crippen LogP contribution in [0.2, 0.25) is 0 Å². The first-order valence-electron chi connectivity index (χ1n) is 9.41. The Labute approximate surface area is 150 Å². The Hall–Kier alpha value is -1.88. The summed E-state index contributed by atoms with van der Waals surface area (Å²) in [5.74, 6) is 0.206. The summed E-state index contributed by atoms with van der Waals surface area (Å²) < 4.78 is 0. The van der Waals surface area contributed by atoms with Crippen molar-refractivity contribution in [1.82, 2.24) is 15.1 Å². The molecular formula is C20H29N3O2. The summed E-state index contributed by atoms with van der Waals surface area (Å²) in [6, 6.07) is 10.2. The quantitative estimate of drug-likeness (QED) is 0.890. The molecule has 1 aliphatic carbocycles. The maximum atomic E-state index is 12.7. The van der Waals surface area contributed by atoms with Gasteiger partial charge in [-0.15, -0.1) is 0 Å². The first-order chi connectivity index (χ1) is 12.0. The summed E-state index contributed by atoms with van der Waals surface area (Å²) in [4.78, 5) is 29.1. The van der Waals surface area contributed by atoms with Gasteiger partial charge < -0.3 is 10.2 Å². The van der Waals surface area contributed by atoms with Gasteiger partial charge in [0.25, 0.3) is 0 Å². The third kappa shape index (κ3) is 4.40. The van der Waals surface area contributed by atoms with E-state index in [1.165, 1.54) is 5.56 Å². The van der Waals surface area contributed by atoms with Crippen LogP contribution in [0.15, 0.2) is 30.3 Å². The van der Waals surface area contributed by atoms with Gasteiger partial charge in [0.1, 0.15) is 6.04 Å². The second-order valence-corrected chi connectivity index (χ2v) is 7.46. The molecule has 5 nitrogen and oxygen atoms in total. The number of nitrogens with one attached hydrogen (secondary N) is 1. The van der Waals surface area contributed by atoms with Gasteiger partial charge in [-0.3, -0.25) is 14.5 Å². The number of benzene rings is 1. The lowest BCUT2D eigenvalue weighted by atomic mass is 9.84. The molecule has 2 atom stereocenters. The average Bonchev–Trinajstić information content (AvgIpc) is 2.53. The fourth-order valence-electron chi connectivity index (χ4n) is 3.66. The van der Waals surface area contributed by atoms with Crippen molar-refractivity contribution in [3.8, 4) is 0 Å². The van der Waals surface area contributed by atoms with Gasteiger partial charge in [-0.05, 0) is 32.3 Å². The van der Waals surface area contributed by atoms with Crippen LogP contribution in [0.25, 0.3) is 0 Å². The van der Waals surface area contributed by atoms with Gasteiger partial charge in [-0.1, -0.05) is 36.8 Å². The molecule has 3 rings (SSSR count). The SMILES string of the molecule is C[C@@H]1CN(Cc2ccccc2)CCN1C(=O)[C@@H](C)NC(=O)C1CCC1. The second kappa shape index (κ2) is 8.00. The van der Waals surface area contributed by atoms with Crippen LogP contribution < -0.4 is 5.32 Å². The molecule has 1 saturated carbocycles. The van der Waals surface area contributed by atoms with E-state index in [1.807, 2.05) is 17.9 Å². The molecule has 2 fully saturated rings. The Kier molecular flexibility index (Phi) is 5.74.